The molecule has 1 unspecified atom stereocenters. The van der Waals surface area contributed by atoms with Crippen LogP contribution in [0.25, 0.3) is 0 Å². The number of aliphatic hydroxyl groups is 2. The summed E-state index contributed by atoms with van der Waals surface area (Å²) in [6.45, 7) is 21.7. The predicted octanol–water partition coefficient (Wildman–Crippen LogP) is 4.97. The van der Waals surface area contributed by atoms with Gasteiger partial charge in [-0.25, -0.2) is 0 Å². The molecule has 0 aliphatic carbocycles. The fourth-order valence-corrected chi connectivity index (χ4v) is 5.29. The molecule has 1 aliphatic heterocycles. The summed E-state index contributed by atoms with van der Waals surface area (Å²) in [4.78, 5) is 4.63. The molecule has 1 aromatic rings. The SMILES string of the molecule is COc1ccc(C=N[C@H]2C(O[Si](C)(C)C(C)(C)C)O[C@H](CO[Si](C)(C)C(C)(C)C)[C@H](O)[C@@H]2O)cc1. The van der Waals surface area contributed by atoms with Crippen molar-refractivity contribution in [3.05, 3.63) is 29.8 Å². The van der Waals surface area contributed by atoms with Crippen molar-refractivity contribution in [2.45, 2.75) is 108 Å². The van der Waals surface area contributed by atoms with Gasteiger partial charge in [0.05, 0.1) is 13.7 Å². The minimum absolute atomic E-state index is 0.0213. The Kier molecular flexibility index (Phi) is 9.58. The standard InChI is InChI=1S/C26H47NO6Si2/c1-25(2,3)34(8,9)31-17-20-22(28)23(29)21(24(32-20)33-35(10,11)26(4,5)6)27-16-18-12-14-19(30-7)15-13-18/h12-16,20-24,28-29H,17H2,1-11H3/t20-,21-,22+,23-,24?/m1/s1. The average Bonchev–Trinajstić information content (AvgIpc) is 2.73. The van der Waals surface area contributed by atoms with Gasteiger partial charge in [-0.1, -0.05) is 41.5 Å². The first-order chi connectivity index (χ1) is 15.9. The average molecular weight is 526 g/mol. The number of aliphatic imine (C=N–C) groups is 1. The fourth-order valence-electron chi connectivity index (χ4n) is 3.15. The van der Waals surface area contributed by atoms with E-state index in [1.807, 2.05) is 24.3 Å². The minimum Gasteiger partial charge on any atom is -0.497 e. The summed E-state index contributed by atoms with van der Waals surface area (Å²) in [6.07, 6.45) is -2.12. The van der Waals surface area contributed by atoms with Gasteiger partial charge < -0.3 is 28.5 Å². The molecule has 1 aromatic carbocycles. The molecule has 0 amide bonds. The Balaban J connectivity index is 2.31. The Labute approximate surface area is 214 Å². The number of hydrogen-bond acceptors (Lipinski definition) is 7. The lowest BCUT2D eigenvalue weighted by Crippen LogP contribution is -2.62. The van der Waals surface area contributed by atoms with Crippen LogP contribution in [0.15, 0.2) is 29.3 Å². The van der Waals surface area contributed by atoms with Crippen molar-refractivity contribution >= 4 is 22.8 Å². The van der Waals surface area contributed by atoms with E-state index in [2.05, 4.69) is 72.7 Å². The van der Waals surface area contributed by atoms with Crippen LogP contribution < -0.4 is 4.74 Å². The van der Waals surface area contributed by atoms with Crippen LogP contribution in [0.1, 0.15) is 47.1 Å². The van der Waals surface area contributed by atoms with E-state index in [0.29, 0.717) is 0 Å². The van der Waals surface area contributed by atoms with Gasteiger partial charge >= 0.3 is 0 Å². The van der Waals surface area contributed by atoms with Crippen LogP contribution in [0.4, 0.5) is 0 Å². The summed E-state index contributed by atoms with van der Waals surface area (Å²) in [5.41, 5.74) is 0.849. The first-order valence-electron chi connectivity index (χ1n) is 12.4. The van der Waals surface area contributed by atoms with Gasteiger partial charge in [0.2, 0.25) is 0 Å². The van der Waals surface area contributed by atoms with Crippen molar-refractivity contribution in [1.82, 2.24) is 0 Å². The van der Waals surface area contributed by atoms with Gasteiger partial charge in [0, 0.05) is 6.21 Å². The van der Waals surface area contributed by atoms with Gasteiger partial charge in [0.1, 0.15) is 30.1 Å². The van der Waals surface area contributed by atoms with E-state index >= 15 is 0 Å². The number of rotatable bonds is 8. The maximum atomic E-state index is 11.2. The summed E-state index contributed by atoms with van der Waals surface area (Å²) < 4.78 is 24.5. The first kappa shape index (κ1) is 30.1. The molecule has 7 nitrogen and oxygen atoms in total. The number of ether oxygens (including phenoxy) is 2. The lowest BCUT2D eigenvalue weighted by molar-refractivity contribution is -0.241. The lowest BCUT2D eigenvalue weighted by Gasteiger charge is -2.47. The maximum Gasteiger partial charge on any atom is 0.195 e. The van der Waals surface area contributed by atoms with Crippen LogP contribution in [0.3, 0.4) is 0 Å². The zero-order valence-corrected chi connectivity index (χ0v) is 25.5. The summed E-state index contributed by atoms with van der Waals surface area (Å²) >= 11 is 0. The van der Waals surface area contributed by atoms with E-state index in [1.54, 1.807) is 13.3 Å². The predicted molar refractivity (Wildman–Crippen MR) is 146 cm³/mol. The highest BCUT2D eigenvalue weighted by atomic mass is 28.4. The molecule has 2 N–H and O–H groups in total. The summed E-state index contributed by atoms with van der Waals surface area (Å²) in [6, 6.07) is 6.69. The van der Waals surface area contributed by atoms with E-state index in [-0.39, 0.29) is 16.7 Å². The Hall–Kier alpha value is -1.08. The third-order valence-corrected chi connectivity index (χ3v) is 16.7. The normalized spacial score (nSPS) is 26.8. The van der Waals surface area contributed by atoms with Gasteiger partial charge in [0.25, 0.3) is 0 Å². The smallest absolute Gasteiger partial charge is 0.195 e. The third-order valence-electron chi connectivity index (χ3n) is 7.81. The second kappa shape index (κ2) is 11.1. The minimum atomic E-state index is -2.27. The molecular weight excluding hydrogens is 478 g/mol. The van der Waals surface area contributed by atoms with Gasteiger partial charge in [-0.15, -0.1) is 0 Å². The van der Waals surface area contributed by atoms with Crippen LogP contribution in [0.5, 0.6) is 5.75 Å². The number of hydrogen-bond donors (Lipinski definition) is 2. The zero-order chi connectivity index (χ0) is 26.8. The second-order valence-electron chi connectivity index (χ2n) is 12.5. The molecule has 0 spiro atoms. The highest BCUT2D eigenvalue weighted by Gasteiger charge is 2.50. The Bertz CT molecular complexity index is 845. The van der Waals surface area contributed by atoms with Crippen molar-refractivity contribution in [3.8, 4) is 5.75 Å². The van der Waals surface area contributed by atoms with Crippen molar-refractivity contribution in [2.24, 2.45) is 4.99 Å². The summed E-state index contributed by atoms with van der Waals surface area (Å²) in [5.74, 6) is 0.752. The highest BCUT2D eigenvalue weighted by Crippen LogP contribution is 2.40. The Morgan fingerprint density at radius 2 is 1.46 bits per heavy atom. The van der Waals surface area contributed by atoms with Crippen molar-refractivity contribution in [2.75, 3.05) is 13.7 Å². The van der Waals surface area contributed by atoms with Crippen LogP contribution in [0, 0.1) is 0 Å². The second-order valence-corrected chi connectivity index (χ2v) is 22.1. The van der Waals surface area contributed by atoms with E-state index < -0.39 is 47.3 Å². The molecule has 35 heavy (non-hydrogen) atoms. The molecule has 1 saturated heterocycles. The van der Waals surface area contributed by atoms with Crippen LogP contribution in [0.2, 0.25) is 36.3 Å². The first-order valence-corrected chi connectivity index (χ1v) is 18.2. The quantitative estimate of drug-likeness (QED) is 0.368. The summed E-state index contributed by atoms with van der Waals surface area (Å²) in [5, 5.41) is 22.1. The Morgan fingerprint density at radius 3 is 1.94 bits per heavy atom. The molecule has 0 radical (unpaired) electrons. The number of methoxy groups -OCH3 is 1. The number of nitrogens with zero attached hydrogens (tertiary/aromatic N) is 1. The molecule has 1 aliphatic rings. The van der Waals surface area contributed by atoms with Crippen LogP contribution in [-0.4, -0.2) is 77.4 Å². The fraction of sp³-hybridized carbons (Fsp3) is 0.731. The molecule has 1 heterocycles. The molecule has 200 valence electrons. The van der Waals surface area contributed by atoms with Crippen LogP contribution >= 0.6 is 0 Å². The largest absolute Gasteiger partial charge is 0.497 e. The highest BCUT2D eigenvalue weighted by molar-refractivity contribution is 6.74. The van der Waals surface area contributed by atoms with Gasteiger partial charge in [0.15, 0.2) is 22.9 Å². The van der Waals surface area contributed by atoms with E-state index in [1.165, 1.54) is 0 Å². The summed E-state index contributed by atoms with van der Waals surface area (Å²) in [7, 11) is -2.71. The van der Waals surface area contributed by atoms with E-state index in [0.717, 1.165) is 11.3 Å². The third kappa shape index (κ3) is 7.47. The van der Waals surface area contributed by atoms with Crippen molar-refractivity contribution < 1.29 is 28.5 Å². The molecule has 5 atom stereocenters. The van der Waals surface area contributed by atoms with Gasteiger partial charge in [-0.2, -0.15) is 0 Å². The monoisotopic (exact) mass is 525 g/mol. The van der Waals surface area contributed by atoms with E-state index in [4.69, 9.17) is 18.3 Å². The molecule has 0 saturated carbocycles. The zero-order valence-electron chi connectivity index (χ0n) is 23.5. The topological polar surface area (TPSA) is 89.7 Å². The van der Waals surface area contributed by atoms with Crippen LogP contribution in [-0.2, 0) is 13.6 Å². The maximum absolute atomic E-state index is 11.2. The molecule has 9 heteroatoms. The molecule has 2 rings (SSSR count). The Morgan fingerprint density at radius 1 is 0.914 bits per heavy atom. The van der Waals surface area contributed by atoms with E-state index in [9.17, 15) is 10.2 Å². The molecule has 1 fully saturated rings. The van der Waals surface area contributed by atoms with Gasteiger partial charge in [-0.05, 0) is 66.1 Å². The molecule has 0 aromatic heterocycles. The van der Waals surface area contributed by atoms with Crippen molar-refractivity contribution in [1.29, 1.82) is 0 Å². The number of aliphatic hydroxyl groups excluding tert-OH is 2. The van der Waals surface area contributed by atoms with Gasteiger partial charge in [-0.3, -0.25) is 4.99 Å². The number of benzene rings is 1. The van der Waals surface area contributed by atoms with Crippen molar-refractivity contribution in [3.63, 3.8) is 0 Å². The lowest BCUT2D eigenvalue weighted by atomic mass is 9.97. The molecule has 0 bridgehead atoms. The molecular formula is C26H47NO6Si2.